The predicted octanol–water partition coefficient (Wildman–Crippen LogP) is 2.45. The zero-order chi connectivity index (χ0) is 15.1. The third-order valence-corrected chi connectivity index (χ3v) is 3.84. The van der Waals surface area contributed by atoms with E-state index in [0.29, 0.717) is 6.54 Å². The van der Waals surface area contributed by atoms with Crippen LogP contribution >= 0.6 is 0 Å². The Labute approximate surface area is 125 Å². The van der Waals surface area contributed by atoms with E-state index in [0.717, 1.165) is 38.3 Å². The van der Waals surface area contributed by atoms with E-state index in [1.54, 1.807) is 12.1 Å². The van der Waals surface area contributed by atoms with Gasteiger partial charge in [-0.2, -0.15) is 0 Å². The predicted molar refractivity (Wildman–Crippen MR) is 81.6 cm³/mol. The van der Waals surface area contributed by atoms with Gasteiger partial charge < -0.3 is 10.2 Å². The van der Waals surface area contributed by atoms with E-state index in [2.05, 4.69) is 17.1 Å². The zero-order valence-corrected chi connectivity index (χ0v) is 12.6. The summed E-state index contributed by atoms with van der Waals surface area (Å²) in [5, 5.41) is 2.89. The molecule has 1 fully saturated rings. The summed E-state index contributed by atoms with van der Waals surface area (Å²) < 4.78 is 12.8. The van der Waals surface area contributed by atoms with Gasteiger partial charge in [0.2, 0.25) is 0 Å². The van der Waals surface area contributed by atoms with Crippen molar-refractivity contribution in [2.75, 3.05) is 32.7 Å². The molecule has 0 radical (unpaired) electrons. The topological polar surface area (TPSA) is 35.6 Å². The van der Waals surface area contributed by atoms with Gasteiger partial charge in [0.1, 0.15) is 5.82 Å². The van der Waals surface area contributed by atoms with E-state index >= 15 is 0 Å². The summed E-state index contributed by atoms with van der Waals surface area (Å²) in [7, 11) is 0. The van der Waals surface area contributed by atoms with E-state index in [1.807, 2.05) is 4.90 Å². The Balaban J connectivity index is 1.71. The van der Waals surface area contributed by atoms with Crippen LogP contribution in [0.3, 0.4) is 0 Å². The van der Waals surface area contributed by atoms with Crippen molar-refractivity contribution in [2.24, 2.45) is 0 Å². The van der Waals surface area contributed by atoms with Crippen LogP contribution in [0.4, 0.5) is 9.18 Å². The maximum atomic E-state index is 12.8. The number of benzene rings is 1. The highest BCUT2D eigenvalue weighted by atomic mass is 19.1. The molecule has 2 amide bonds. The minimum absolute atomic E-state index is 0.0329. The minimum Gasteiger partial charge on any atom is -0.334 e. The fourth-order valence-electron chi connectivity index (χ4n) is 2.45. The molecule has 0 spiro atoms. The number of piperazine rings is 1. The SMILES string of the molecule is CCCCN1CCN(C(=O)NCc2ccc(F)cc2)CC1. The van der Waals surface area contributed by atoms with E-state index in [9.17, 15) is 9.18 Å². The first kappa shape index (κ1) is 15.8. The Morgan fingerprint density at radius 2 is 1.86 bits per heavy atom. The van der Waals surface area contributed by atoms with Crippen LogP contribution in [0.2, 0.25) is 0 Å². The molecule has 0 bridgehead atoms. The molecule has 1 aromatic carbocycles. The first-order chi connectivity index (χ1) is 10.2. The fourth-order valence-corrected chi connectivity index (χ4v) is 2.45. The number of carbonyl (C=O) groups is 1. The molecule has 1 aliphatic rings. The van der Waals surface area contributed by atoms with Crippen LogP contribution < -0.4 is 5.32 Å². The van der Waals surface area contributed by atoms with Crippen molar-refractivity contribution in [1.29, 1.82) is 0 Å². The first-order valence-corrected chi connectivity index (χ1v) is 7.68. The standard InChI is InChI=1S/C16H24FN3O/c1-2-3-8-19-9-11-20(12-10-19)16(21)18-13-14-4-6-15(17)7-5-14/h4-7H,2-3,8-13H2,1H3,(H,18,21). The number of nitrogens with zero attached hydrogens (tertiary/aromatic N) is 2. The summed E-state index contributed by atoms with van der Waals surface area (Å²) in [6, 6.07) is 6.17. The third kappa shape index (κ3) is 5.01. The number of hydrogen-bond donors (Lipinski definition) is 1. The smallest absolute Gasteiger partial charge is 0.317 e. The molecular formula is C16H24FN3O. The molecule has 0 saturated carbocycles. The molecule has 1 saturated heterocycles. The van der Waals surface area contributed by atoms with Gasteiger partial charge in [0.15, 0.2) is 0 Å². The lowest BCUT2D eigenvalue weighted by molar-refractivity contribution is 0.138. The van der Waals surface area contributed by atoms with Crippen molar-refractivity contribution >= 4 is 6.03 Å². The quantitative estimate of drug-likeness (QED) is 0.905. The average molecular weight is 293 g/mol. The Hall–Kier alpha value is -1.62. The number of carbonyl (C=O) groups excluding carboxylic acids is 1. The number of unbranched alkanes of at least 4 members (excludes halogenated alkanes) is 1. The molecule has 116 valence electrons. The molecule has 1 aliphatic heterocycles. The average Bonchev–Trinajstić information content (AvgIpc) is 2.52. The number of hydrogen-bond acceptors (Lipinski definition) is 2. The van der Waals surface area contributed by atoms with E-state index in [-0.39, 0.29) is 11.8 Å². The van der Waals surface area contributed by atoms with Crippen molar-refractivity contribution in [2.45, 2.75) is 26.3 Å². The molecule has 1 aromatic rings. The fraction of sp³-hybridized carbons (Fsp3) is 0.562. The Kier molecular flexibility index (Phi) is 5.99. The summed E-state index contributed by atoms with van der Waals surface area (Å²) in [4.78, 5) is 16.3. The summed E-state index contributed by atoms with van der Waals surface area (Å²) in [5.41, 5.74) is 0.909. The zero-order valence-electron chi connectivity index (χ0n) is 12.6. The highest BCUT2D eigenvalue weighted by Gasteiger charge is 2.20. The summed E-state index contributed by atoms with van der Waals surface area (Å²) in [6.07, 6.45) is 2.43. The molecular weight excluding hydrogens is 269 g/mol. The van der Waals surface area contributed by atoms with Gasteiger partial charge in [-0.3, -0.25) is 4.90 Å². The Bertz CT molecular complexity index is 441. The molecule has 0 aliphatic carbocycles. The maximum absolute atomic E-state index is 12.8. The lowest BCUT2D eigenvalue weighted by Crippen LogP contribution is -2.51. The van der Waals surface area contributed by atoms with Crippen LogP contribution in [0.15, 0.2) is 24.3 Å². The van der Waals surface area contributed by atoms with Crippen LogP contribution in [0.5, 0.6) is 0 Å². The molecule has 1 N–H and O–H groups in total. The van der Waals surface area contributed by atoms with Gasteiger partial charge in [-0.25, -0.2) is 9.18 Å². The molecule has 5 heteroatoms. The second-order valence-corrected chi connectivity index (χ2v) is 5.47. The largest absolute Gasteiger partial charge is 0.334 e. The molecule has 2 rings (SSSR count). The van der Waals surface area contributed by atoms with Crippen LogP contribution in [0, 0.1) is 5.82 Å². The number of amides is 2. The third-order valence-electron chi connectivity index (χ3n) is 3.84. The van der Waals surface area contributed by atoms with Gasteiger partial charge >= 0.3 is 6.03 Å². The van der Waals surface area contributed by atoms with E-state index < -0.39 is 0 Å². The van der Waals surface area contributed by atoms with Crippen molar-refractivity contribution in [3.8, 4) is 0 Å². The highest BCUT2D eigenvalue weighted by molar-refractivity contribution is 5.74. The number of halogens is 1. The molecule has 0 unspecified atom stereocenters. The molecule has 0 aromatic heterocycles. The van der Waals surface area contributed by atoms with E-state index in [4.69, 9.17) is 0 Å². The summed E-state index contributed by atoms with van der Waals surface area (Å²) >= 11 is 0. The molecule has 21 heavy (non-hydrogen) atoms. The van der Waals surface area contributed by atoms with E-state index in [1.165, 1.54) is 25.0 Å². The number of nitrogens with one attached hydrogen (secondary N) is 1. The van der Waals surface area contributed by atoms with Gasteiger partial charge in [0, 0.05) is 32.7 Å². The number of rotatable bonds is 5. The minimum atomic E-state index is -0.256. The first-order valence-electron chi connectivity index (χ1n) is 7.68. The molecule has 4 nitrogen and oxygen atoms in total. The van der Waals surface area contributed by atoms with Crippen LogP contribution in [-0.2, 0) is 6.54 Å². The summed E-state index contributed by atoms with van der Waals surface area (Å²) in [6.45, 7) is 7.21. The monoisotopic (exact) mass is 293 g/mol. The van der Waals surface area contributed by atoms with Crippen LogP contribution in [0.25, 0.3) is 0 Å². The second kappa shape index (κ2) is 7.98. The summed E-state index contributed by atoms with van der Waals surface area (Å²) in [5.74, 6) is -0.256. The lowest BCUT2D eigenvalue weighted by atomic mass is 10.2. The lowest BCUT2D eigenvalue weighted by Gasteiger charge is -2.34. The molecule has 0 atom stereocenters. The van der Waals surface area contributed by atoms with Gasteiger partial charge in [-0.05, 0) is 30.7 Å². The van der Waals surface area contributed by atoms with Gasteiger partial charge in [0.05, 0.1) is 0 Å². The normalized spacial score (nSPS) is 16.0. The van der Waals surface area contributed by atoms with Gasteiger partial charge in [-0.1, -0.05) is 25.5 Å². The Morgan fingerprint density at radius 3 is 2.48 bits per heavy atom. The van der Waals surface area contributed by atoms with Crippen molar-refractivity contribution in [3.63, 3.8) is 0 Å². The maximum Gasteiger partial charge on any atom is 0.317 e. The van der Waals surface area contributed by atoms with Crippen LogP contribution in [0.1, 0.15) is 25.3 Å². The van der Waals surface area contributed by atoms with Crippen molar-refractivity contribution in [3.05, 3.63) is 35.6 Å². The van der Waals surface area contributed by atoms with Crippen molar-refractivity contribution < 1.29 is 9.18 Å². The van der Waals surface area contributed by atoms with Crippen molar-refractivity contribution in [1.82, 2.24) is 15.1 Å². The van der Waals surface area contributed by atoms with Gasteiger partial charge in [-0.15, -0.1) is 0 Å². The molecule has 1 heterocycles. The Morgan fingerprint density at radius 1 is 1.19 bits per heavy atom. The van der Waals surface area contributed by atoms with Crippen LogP contribution in [-0.4, -0.2) is 48.6 Å². The number of urea groups is 1. The second-order valence-electron chi connectivity index (χ2n) is 5.47. The highest BCUT2D eigenvalue weighted by Crippen LogP contribution is 2.05. The van der Waals surface area contributed by atoms with Gasteiger partial charge in [0.25, 0.3) is 0 Å².